The summed E-state index contributed by atoms with van der Waals surface area (Å²) in [5.41, 5.74) is 3.61. The second-order valence-corrected chi connectivity index (χ2v) is 14.8. The zero-order valence-corrected chi connectivity index (χ0v) is 30.0. The number of anilines is 1. The molecule has 4 heterocycles. The standard InChI is InChI=1S/2C17H20ClN3O4/c1-17(2,3)25-16(24)21-5-4-9-12(8-21)19-20-15(9)10-6-11(18)14(23)7-13(10)22;1-17(2,3)25-16(24)21-6-4-5-11-15(21)14(20-19-11)9-7-10(18)13(23)8-12(9)22/h6-7,22-23H,4-5,8H2,1-3H3,(H,19,20);7-8,22-23H,4-6H2,1-3H3,(H,19,20). The highest BCUT2D eigenvalue weighted by molar-refractivity contribution is 6.32. The Hall–Kier alpha value is -4.82. The van der Waals surface area contributed by atoms with Crippen molar-refractivity contribution in [1.82, 2.24) is 25.3 Å². The van der Waals surface area contributed by atoms with Gasteiger partial charge in [0.2, 0.25) is 0 Å². The SMILES string of the molecule is CC(C)(C)OC(=O)N1CCCc2[nH]nc(-c3cc(Cl)c(O)cc3O)c21.CC(C)(C)OC(=O)N1CCc2c(-c3cc(Cl)c(O)cc3O)n[nH]c2C1. The molecule has 0 atom stereocenters. The van der Waals surface area contributed by atoms with Gasteiger partial charge in [-0.1, -0.05) is 23.2 Å². The van der Waals surface area contributed by atoms with Crippen molar-refractivity contribution in [1.29, 1.82) is 0 Å². The number of H-pyrrole nitrogens is 2. The van der Waals surface area contributed by atoms with Crippen molar-refractivity contribution in [2.75, 3.05) is 18.0 Å². The van der Waals surface area contributed by atoms with Gasteiger partial charge < -0.3 is 34.8 Å². The Morgan fingerprint density at radius 1 is 0.720 bits per heavy atom. The predicted octanol–water partition coefficient (Wildman–Crippen LogP) is 7.26. The third kappa shape index (κ3) is 7.97. The number of aromatic hydroxyl groups is 4. The Morgan fingerprint density at radius 2 is 1.24 bits per heavy atom. The number of carbonyl (C=O) groups excluding carboxylic acids is 2. The van der Waals surface area contributed by atoms with E-state index in [9.17, 15) is 30.0 Å². The molecule has 6 N–H and O–H groups in total. The molecule has 268 valence electrons. The molecule has 14 nitrogen and oxygen atoms in total. The third-order valence-corrected chi connectivity index (χ3v) is 8.34. The van der Waals surface area contributed by atoms with E-state index in [2.05, 4.69) is 20.4 Å². The maximum absolute atomic E-state index is 12.6. The second-order valence-electron chi connectivity index (χ2n) is 14.0. The summed E-state index contributed by atoms with van der Waals surface area (Å²) in [6.07, 6.45) is 1.23. The van der Waals surface area contributed by atoms with Crippen molar-refractivity contribution >= 4 is 41.1 Å². The summed E-state index contributed by atoms with van der Waals surface area (Å²) in [6, 6.07) is 5.24. The number of phenols is 4. The summed E-state index contributed by atoms with van der Waals surface area (Å²) in [5.74, 6) is -0.698. The highest BCUT2D eigenvalue weighted by Crippen LogP contribution is 2.43. The van der Waals surface area contributed by atoms with E-state index in [1.165, 1.54) is 23.1 Å². The molecule has 50 heavy (non-hydrogen) atoms. The third-order valence-electron chi connectivity index (χ3n) is 7.73. The zero-order valence-electron chi connectivity index (χ0n) is 28.5. The van der Waals surface area contributed by atoms with E-state index in [0.29, 0.717) is 54.3 Å². The Kier molecular flexibility index (Phi) is 10.1. The van der Waals surface area contributed by atoms with Crippen molar-refractivity contribution < 1.29 is 39.5 Å². The van der Waals surface area contributed by atoms with Crippen LogP contribution < -0.4 is 4.90 Å². The van der Waals surface area contributed by atoms with Gasteiger partial charge in [0.15, 0.2) is 0 Å². The molecule has 16 heteroatoms. The number of amides is 2. The number of ether oxygens (including phenoxy) is 2. The highest BCUT2D eigenvalue weighted by Gasteiger charge is 2.33. The first-order chi connectivity index (χ1) is 23.3. The minimum atomic E-state index is -0.622. The predicted molar refractivity (Wildman–Crippen MR) is 187 cm³/mol. The number of aromatic nitrogens is 4. The summed E-state index contributed by atoms with van der Waals surface area (Å²) < 4.78 is 10.9. The molecule has 0 bridgehead atoms. The lowest BCUT2D eigenvalue weighted by molar-refractivity contribution is 0.0221. The highest BCUT2D eigenvalue weighted by atomic mass is 35.5. The van der Waals surface area contributed by atoms with Gasteiger partial charge in [0, 0.05) is 41.9 Å². The van der Waals surface area contributed by atoms with Crippen LogP contribution in [0.3, 0.4) is 0 Å². The molecule has 4 aromatic rings. The van der Waals surface area contributed by atoms with Crippen molar-refractivity contribution in [3.8, 4) is 45.5 Å². The largest absolute Gasteiger partial charge is 0.507 e. The molecule has 2 aromatic carbocycles. The van der Waals surface area contributed by atoms with Gasteiger partial charge >= 0.3 is 12.2 Å². The van der Waals surface area contributed by atoms with Crippen LogP contribution in [0.1, 0.15) is 64.9 Å². The first kappa shape index (κ1) is 36.5. The van der Waals surface area contributed by atoms with E-state index in [4.69, 9.17) is 32.7 Å². The van der Waals surface area contributed by atoms with Gasteiger partial charge in [0.05, 0.1) is 39.4 Å². The summed E-state index contributed by atoms with van der Waals surface area (Å²) >= 11 is 11.9. The molecule has 2 aliphatic rings. The number of carbonyl (C=O) groups is 2. The lowest BCUT2D eigenvalue weighted by atomic mass is 9.99. The number of aryl methyl sites for hydroxylation is 1. The average molecular weight is 732 g/mol. The minimum absolute atomic E-state index is 0.0872. The number of fused-ring (bicyclic) bond motifs is 2. The number of hydrogen-bond acceptors (Lipinski definition) is 10. The number of phenolic OH excluding ortho intramolecular Hbond substituents is 4. The van der Waals surface area contributed by atoms with Gasteiger partial charge in [-0.15, -0.1) is 0 Å². The van der Waals surface area contributed by atoms with Gasteiger partial charge in [-0.25, -0.2) is 9.59 Å². The molecular weight excluding hydrogens is 691 g/mol. The van der Waals surface area contributed by atoms with Crippen LogP contribution in [-0.2, 0) is 28.9 Å². The van der Waals surface area contributed by atoms with Crippen LogP contribution in [0.2, 0.25) is 10.0 Å². The molecule has 2 aliphatic heterocycles. The van der Waals surface area contributed by atoms with Crippen LogP contribution in [0.15, 0.2) is 24.3 Å². The molecule has 0 unspecified atom stereocenters. The second kappa shape index (κ2) is 13.8. The summed E-state index contributed by atoms with van der Waals surface area (Å²) in [6.45, 7) is 12.2. The number of benzene rings is 2. The molecule has 0 fully saturated rings. The maximum Gasteiger partial charge on any atom is 0.414 e. The van der Waals surface area contributed by atoms with Crippen LogP contribution in [-0.4, -0.2) is 82.2 Å². The Morgan fingerprint density at radius 3 is 1.82 bits per heavy atom. The number of halogens is 2. The van der Waals surface area contributed by atoms with E-state index < -0.39 is 17.3 Å². The van der Waals surface area contributed by atoms with Gasteiger partial charge in [-0.3, -0.25) is 15.1 Å². The molecule has 2 aromatic heterocycles. The smallest absolute Gasteiger partial charge is 0.414 e. The quantitative estimate of drug-likeness (QED) is 0.122. The molecular formula is C34H40Cl2N6O8. The number of nitrogens with one attached hydrogen (secondary N) is 2. The fourth-order valence-electron chi connectivity index (χ4n) is 5.55. The van der Waals surface area contributed by atoms with Gasteiger partial charge in [-0.05, 0) is 72.9 Å². The fraction of sp³-hybridized carbons (Fsp3) is 0.412. The van der Waals surface area contributed by atoms with Crippen LogP contribution in [0.25, 0.3) is 22.5 Å². The summed E-state index contributed by atoms with van der Waals surface area (Å²) in [7, 11) is 0. The van der Waals surface area contributed by atoms with E-state index in [0.717, 1.165) is 35.9 Å². The number of nitrogens with zero attached hydrogens (tertiary/aromatic N) is 4. The number of aromatic amines is 2. The number of hydrogen-bond donors (Lipinski definition) is 6. The zero-order chi connectivity index (χ0) is 36.7. The van der Waals surface area contributed by atoms with E-state index in [1.807, 2.05) is 20.8 Å². The van der Waals surface area contributed by atoms with E-state index in [1.54, 1.807) is 25.7 Å². The maximum atomic E-state index is 12.6. The molecule has 0 radical (unpaired) electrons. The van der Waals surface area contributed by atoms with Crippen molar-refractivity contribution in [2.24, 2.45) is 0 Å². The molecule has 0 spiro atoms. The van der Waals surface area contributed by atoms with Gasteiger partial charge in [0.25, 0.3) is 0 Å². The Bertz CT molecular complexity index is 1930. The number of rotatable bonds is 2. The van der Waals surface area contributed by atoms with Crippen LogP contribution in [0, 0.1) is 0 Å². The molecule has 0 saturated heterocycles. The molecule has 0 aliphatic carbocycles. The van der Waals surface area contributed by atoms with Crippen molar-refractivity contribution in [3.05, 3.63) is 51.3 Å². The topological polar surface area (TPSA) is 197 Å². The van der Waals surface area contributed by atoms with Crippen LogP contribution in [0.4, 0.5) is 15.3 Å². The molecule has 2 amide bonds. The fourth-order valence-corrected chi connectivity index (χ4v) is 5.88. The first-order valence-electron chi connectivity index (χ1n) is 15.9. The summed E-state index contributed by atoms with van der Waals surface area (Å²) in [4.78, 5) is 27.9. The van der Waals surface area contributed by atoms with Gasteiger partial charge in [0.1, 0.15) is 39.9 Å². The molecule has 0 saturated carbocycles. The van der Waals surface area contributed by atoms with Crippen LogP contribution >= 0.6 is 23.2 Å². The monoisotopic (exact) mass is 730 g/mol. The molecule has 6 rings (SSSR count). The van der Waals surface area contributed by atoms with E-state index in [-0.39, 0.29) is 39.1 Å². The normalized spacial score (nSPS) is 14.3. The van der Waals surface area contributed by atoms with Crippen molar-refractivity contribution in [3.63, 3.8) is 0 Å². The van der Waals surface area contributed by atoms with Gasteiger partial charge in [-0.2, -0.15) is 10.2 Å². The van der Waals surface area contributed by atoms with Crippen LogP contribution in [0.5, 0.6) is 23.0 Å². The Labute approximate surface area is 298 Å². The Balaban J connectivity index is 0.000000194. The average Bonchev–Trinajstić information content (AvgIpc) is 3.64. The minimum Gasteiger partial charge on any atom is -0.507 e. The lowest BCUT2D eigenvalue weighted by Gasteiger charge is -2.30. The van der Waals surface area contributed by atoms with Crippen molar-refractivity contribution in [2.45, 2.75) is 78.6 Å². The van der Waals surface area contributed by atoms with E-state index >= 15 is 0 Å². The lowest BCUT2D eigenvalue weighted by Crippen LogP contribution is -2.39. The first-order valence-corrected chi connectivity index (χ1v) is 16.6. The summed E-state index contributed by atoms with van der Waals surface area (Å²) in [5, 5.41) is 54.1.